The Bertz CT molecular complexity index is 498. The van der Waals surface area contributed by atoms with Crippen LogP contribution in [-0.4, -0.2) is 19.9 Å². The largest absolute Gasteiger partial charge is 0.383 e. The summed E-state index contributed by atoms with van der Waals surface area (Å²) in [6, 6.07) is 1.86. The van der Waals surface area contributed by atoms with Gasteiger partial charge in [-0.3, -0.25) is 9.67 Å². The van der Waals surface area contributed by atoms with Crippen LogP contribution in [0.1, 0.15) is 30.6 Å². The van der Waals surface area contributed by atoms with Crippen molar-refractivity contribution in [2.45, 2.75) is 26.0 Å². The van der Waals surface area contributed by atoms with Crippen LogP contribution in [0.2, 0.25) is 0 Å². The molecule has 0 saturated heterocycles. The summed E-state index contributed by atoms with van der Waals surface area (Å²) in [4.78, 5) is 4.04. The molecule has 0 aliphatic heterocycles. The summed E-state index contributed by atoms with van der Waals surface area (Å²) in [6.45, 7) is 2.96. The van der Waals surface area contributed by atoms with Crippen LogP contribution in [-0.2, 0) is 6.54 Å². The highest BCUT2D eigenvalue weighted by Gasteiger charge is 2.13. The Kier molecular flexibility index (Phi) is 3.91. The van der Waals surface area contributed by atoms with Gasteiger partial charge in [0, 0.05) is 40.7 Å². The van der Waals surface area contributed by atoms with Crippen LogP contribution in [0.25, 0.3) is 0 Å². The lowest BCUT2D eigenvalue weighted by Crippen LogP contribution is -2.00. The summed E-state index contributed by atoms with van der Waals surface area (Å²) in [5.74, 6) is 0. The van der Waals surface area contributed by atoms with E-state index in [1.54, 1.807) is 18.6 Å². The van der Waals surface area contributed by atoms with Crippen molar-refractivity contribution >= 4 is 15.9 Å². The van der Waals surface area contributed by atoms with Crippen molar-refractivity contribution in [2.75, 3.05) is 0 Å². The molecule has 0 bridgehead atoms. The first-order chi connectivity index (χ1) is 8.20. The molecule has 2 aromatic rings. The van der Waals surface area contributed by atoms with Gasteiger partial charge in [0.15, 0.2) is 0 Å². The quantitative estimate of drug-likeness (QED) is 0.943. The average Bonchev–Trinajstić information content (AvgIpc) is 2.77. The number of aliphatic hydroxyl groups excluding tert-OH is 1. The number of aromatic nitrogens is 3. The molecule has 0 amide bonds. The van der Waals surface area contributed by atoms with Gasteiger partial charge in [0.2, 0.25) is 0 Å². The Morgan fingerprint density at radius 1 is 1.35 bits per heavy atom. The monoisotopic (exact) mass is 295 g/mol. The number of aryl methyl sites for hydroxylation is 1. The molecule has 2 rings (SSSR count). The number of nitrogens with zero attached hydrogens (tertiary/aromatic N) is 3. The van der Waals surface area contributed by atoms with Crippen LogP contribution < -0.4 is 0 Å². The fraction of sp³-hybridized carbons (Fsp3) is 0.333. The Morgan fingerprint density at radius 2 is 2.18 bits per heavy atom. The van der Waals surface area contributed by atoms with Crippen molar-refractivity contribution in [1.29, 1.82) is 0 Å². The fourth-order valence-corrected chi connectivity index (χ4v) is 2.02. The van der Waals surface area contributed by atoms with Gasteiger partial charge in [-0.25, -0.2) is 0 Å². The molecule has 0 aliphatic carbocycles. The summed E-state index contributed by atoms with van der Waals surface area (Å²) < 4.78 is 2.69. The van der Waals surface area contributed by atoms with Gasteiger partial charge in [-0.15, -0.1) is 0 Å². The van der Waals surface area contributed by atoms with E-state index in [1.165, 1.54) is 0 Å². The molecule has 2 heterocycles. The van der Waals surface area contributed by atoms with Crippen LogP contribution in [0.5, 0.6) is 0 Å². The van der Waals surface area contributed by atoms with Gasteiger partial charge in [0.05, 0.1) is 6.20 Å². The molecule has 2 aromatic heterocycles. The van der Waals surface area contributed by atoms with E-state index in [1.807, 2.05) is 16.9 Å². The van der Waals surface area contributed by atoms with Crippen LogP contribution in [0.4, 0.5) is 0 Å². The number of pyridine rings is 1. The predicted molar refractivity (Wildman–Crippen MR) is 68.5 cm³/mol. The van der Waals surface area contributed by atoms with Gasteiger partial charge in [0.1, 0.15) is 6.10 Å². The number of hydrogen-bond acceptors (Lipinski definition) is 3. The maximum atomic E-state index is 10.2. The molecule has 5 heteroatoms. The second kappa shape index (κ2) is 5.42. The lowest BCUT2D eigenvalue weighted by Gasteiger charge is -2.08. The minimum atomic E-state index is -0.675. The summed E-state index contributed by atoms with van der Waals surface area (Å²) >= 11 is 3.34. The molecule has 1 unspecified atom stereocenters. The van der Waals surface area contributed by atoms with Gasteiger partial charge in [-0.1, -0.05) is 6.92 Å². The smallest absolute Gasteiger partial charge is 0.109 e. The minimum absolute atomic E-state index is 0.675. The van der Waals surface area contributed by atoms with E-state index in [0.717, 1.165) is 28.6 Å². The third kappa shape index (κ3) is 2.92. The molecule has 0 aromatic carbocycles. The Balaban J connectivity index is 2.21. The highest BCUT2D eigenvalue weighted by molar-refractivity contribution is 9.10. The molecule has 0 radical (unpaired) electrons. The fourth-order valence-electron chi connectivity index (χ4n) is 1.64. The van der Waals surface area contributed by atoms with Crippen molar-refractivity contribution in [3.63, 3.8) is 0 Å². The van der Waals surface area contributed by atoms with E-state index in [2.05, 4.69) is 32.9 Å². The van der Waals surface area contributed by atoms with Crippen molar-refractivity contribution < 1.29 is 5.11 Å². The summed E-state index contributed by atoms with van der Waals surface area (Å²) in [6.07, 6.45) is 7.26. The molecule has 1 N–H and O–H groups in total. The Morgan fingerprint density at radius 3 is 2.88 bits per heavy atom. The van der Waals surface area contributed by atoms with Crippen molar-refractivity contribution in [1.82, 2.24) is 14.8 Å². The van der Waals surface area contributed by atoms with Crippen LogP contribution >= 0.6 is 15.9 Å². The van der Waals surface area contributed by atoms with E-state index in [-0.39, 0.29) is 0 Å². The zero-order valence-corrected chi connectivity index (χ0v) is 11.1. The summed E-state index contributed by atoms with van der Waals surface area (Å²) in [7, 11) is 0. The topological polar surface area (TPSA) is 50.9 Å². The van der Waals surface area contributed by atoms with Crippen molar-refractivity contribution in [2.24, 2.45) is 0 Å². The van der Waals surface area contributed by atoms with E-state index in [9.17, 15) is 5.11 Å². The minimum Gasteiger partial charge on any atom is -0.383 e. The molecule has 0 saturated carbocycles. The SMILES string of the molecule is CCCn1cc(C(O)c2cncc(Br)c2)cn1. The number of hydrogen-bond donors (Lipinski definition) is 1. The van der Waals surface area contributed by atoms with Gasteiger partial charge < -0.3 is 5.11 Å². The van der Waals surface area contributed by atoms with Crippen LogP contribution in [0.15, 0.2) is 35.3 Å². The van der Waals surface area contributed by atoms with Gasteiger partial charge >= 0.3 is 0 Å². The highest BCUT2D eigenvalue weighted by Crippen LogP contribution is 2.22. The third-order valence-electron chi connectivity index (χ3n) is 2.46. The standard InChI is InChI=1S/C12H14BrN3O/c1-2-3-16-8-10(6-15-16)12(17)9-4-11(13)7-14-5-9/h4-8,12,17H,2-3H2,1H3. The van der Waals surface area contributed by atoms with Gasteiger partial charge in [-0.2, -0.15) is 5.10 Å². The second-order valence-electron chi connectivity index (χ2n) is 3.88. The van der Waals surface area contributed by atoms with Gasteiger partial charge in [0.25, 0.3) is 0 Å². The number of rotatable bonds is 4. The normalized spacial score (nSPS) is 12.6. The van der Waals surface area contributed by atoms with Crippen LogP contribution in [0.3, 0.4) is 0 Å². The second-order valence-corrected chi connectivity index (χ2v) is 4.79. The highest BCUT2D eigenvalue weighted by atomic mass is 79.9. The summed E-state index contributed by atoms with van der Waals surface area (Å²) in [5.41, 5.74) is 1.55. The average molecular weight is 296 g/mol. The Labute approximate surface area is 108 Å². The van der Waals surface area contributed by atoms with E-state index in [0.29, 0.717) is 0 Å². The predicted octanol–water partition coefficient (Wildman–Crippen LogP) is 2.53. The third-order valence-corrected chi connectivity index (χ3v) is 2.90. The molecular formula is C12H14BrN3O. The summed E-state index contributed by atoms with van der Waals surface area (Å²) in [5, 5.41) is 14.4. The molecule has 1 atom stereocenters. The molecule has 0 spiro atoms. The maximum absolute atomic E-state index is 10.2. The molecule has 0 fully saturated rings. The first kappa shape index (κ1) is 12.3. The maximum Gasteiger partial charge on any atom is 0.109 e. The number of halogens is 1. The molecular weight excluding hydrogens is 282 g/mol. The van der Waals surface area contributed by atoms with Crippen molar-refractivity contribution in [3.05, 3.63) is 46.5 Å². The van der Waals surface area contributed by atoms with Gasteiger partial charge in [-0.05, 0) is 28.4 Å². The molecule has 0 aliphatic rings. The first-order valence-electron chi connectivity index (χ1n) is 5.51. The zero-order chi connectivity index (χ0) is 12.3. The lowest BCUT2D eigenvalue weighted by molar-refractivity contribution is 0.219. The zero-order valence-electron chi connectivity index (χ0n) is 9.55. The van der Waals surface area contributed by atoms with Crippen molar-refractivity contribution in [3.8, 4) is 0 Å². The van der Waals surface area contributed by atoms with E-state index >= 15 is 0 Å². The molecule has 17 heavy (non-hydrogen) atoms. The van der Waals surface area contributed by atoms with Crippen LogP contribution in [0, 0.1) is 0 Å². The lowest BCUT2D eigenvalue weighted by atomic mass is 10.1. The van der Waals surface area contributed by atoms with E-state index in [4.69, 9.17) is 0 Å². The molecule has 4 nitrogen and oxygen atoms in total. The molecule has 90 valence electrons. The van der Waals surface area contributed by atoms with E-state index < -0.39 is 6.10 Å². The first-order valence-corrected chi connectivity index (χ1v) is 6.31. The number of aliphatic hydroxyl groups is 1. The Hall–Kier alpha value is -1.20.